The maximum atomic E-state index is 12.7. The summed E-state index contributed by atoms with van der Waals surface area (Å²) >= 11 is 0. The van der Waals surface area contributed by atoms with Gasteiger partial charge >= 0.3 is 0 Å². The molecule has 1 atom stereocenters. The number of hydrogen-bond acceptors (Lipinski definition) is 3. The summed E-state index contributed by atoms with van der Waals surface area (Å²) in [4.78, 5) is 32.6. The summed E-state index contributed by atoms with van der Waals surface area (Å²) in [6.45, 7) is 3.09. The maximum absolute atomic E-state index is 12.7. The van der Waals surface area contributed by atoms with Gasteiger partial charge < -0.3 is 9.80 Å². The van der Waals surface area contributed by atoms with Crippen LogP contribution in [0.25, 0.3) is 0 Å². The number of fused-ring (bicyclic) bond motifs is 1. The van der Waals surface area contributed by atoms with E-state index in [-0.39, 0.29) is 17.9 Å². The standard InChI is InChI=1S/C15H19N3O2/c1-11-5-6-12(10-16-11)17-9-7-14(19)18-8-3-2-4-13(18)15(17)20/h5-6,10,13H,2-4,7-9H2,1H3. The molecule has 2 aliphatic heterocycles. The van der Waals surface area contributed by atoms with Crippen LogP contribution in [0.5, 0.6) is 0 Å². The molecule has 0 N–H and O–H groups in total. The van der Waals surface area contributed by atoms with E-state index in [0.29, 0.717) is 13.0 Å². The van der Waals surface area contributed by atoms with Crippen LogP contribution in [0.15, 0.2) is 18.3 Å². The van der Waals surface area contributed by atoms with Crippen molar-refractivity contribution in [3.63, 3.8) is 0 Å². The molecule has 2 aliphatic rings. The molecular weight excluding hydrogens is 254 g/mol. The van der Waals surface area contributed by atoms with Crippen LogP contribution in [0.4, 0.5) is 5.69 Å². The van der Waals surface area contributed by atoms with Crippen molar-refractivity contribution in [1.29, 1.82) is 0 Å². The minimum absolute atomic E-state index is 0.0428. The van der Waals surface area contributed by atoms with Crippen molar-refractivity contribution in [2.75, 3.05) is 18.0 Å². The molecule has 3 rings (SSSR count). The van der Waals surface area contributed by atoms with Gasteiger partial charge in [-0.05, 0) is 38.3 Å². The lowest BCUT2D eigenvalue weighted by Crippen LogP contribution is -2.49. The Morgan fingerprint density at radius 1 is 1.20 bits per heavy atom. The van der Waals surface area contributed by atoms with Gasteiger partial charge in [0.15, 0.2) is 0 Å². The first-order chi connectivity index (χ1) is 9.66. The number of anilines is 1. The normalized spacial score (nSPS) is 23.6. The first kappa shape index (κ1) is 13.1. The Morgan fingerprint density at radius 3 is 2.80 bits per heavy atom. The van der Waals surface area contributed by atoms with Crippen molar-refractivity contribution < 1.29 is 9.59 Å². The Balaban J connectivity index is 1.90. The minimum Gasteiger partial charge on any atom is -0.331 e. The Morgan fingerprint density at radius 2 is 2.05 bits per heavy atom. The highest BCUT2D eigenvalue weighted by molar-refractivity contribution is 6.01. The molecule has 0 saturated carbocycles. The van der Waals surface area contributed by atoms with Gasteiger partial charge in [-0.15, -0.1) is 0 Å². The molecule has 106 valence electrons. The SMILES string of the molecule is Cc1ccc(N2CCC(=O)N3CCCCC3C2=O)cn1. The summed E-state index contributed by atoms with van der Waals surface area (Å²) in [5.41, 5.74) is 1.72. The number of piperidine rings is 1. The van der Waals surface area contributed by atoms with E-state index >= 15 is 0 Å². The third-order valence-corrected chi connectivity index (χ3v) is 4.13. The first-order valence-corrected chi connectivity index (χ1v) is 7.20. The highest BCUT2D eigenvalue weighted by Gasteiger charge is 2.38. The molecule has 2 amide bonds. The molecule has 20 heavy (non-hydrogen) atoms. The number of aromatic nitrogens is 1. The van der Waals surface area contributed by atoms with Crippen LogP contribution in [0.2, 0.25) is 0 Å². The van der Waals surface area contributed by atoms with Crippen LogP contribution in [-0.4, -0.2) is 40.8 Å². The summed E-state index contributed by atoms with van der Waals surface area (Å²) < 4.78 is 0. The molecule has 0 aliphatic carbocycles. The zero-order valence-electron chi connectivity index (χ0n) is 11.7. The molecule has 2 saturated heterocycles. The lowest BCUT2D eigenvalue weighted by Gasteiger charge is -2.34. The van der Waals surface area contributed by atoms with Crippen molar-refractivity contribution in [3.05, 3.63) is 24.0 Å². The molecule has 0 aromatic carbocycles. The monoisotopic (exact) mass is 273 g/mol. The number of carbonyl (C=O) groups is 2. The number of aryl methyl sites for hydroxylation is 1. The second kappa shape index (κ2) is 5.23. The highest BCUT2D eigenvalue weighted by Crippen LogP contribution is 2.26. The Labute approximate surface area is 118 Å². The maximum Gasteiger partial charge on any atom is 0.249 e. The van der Waals surface area contributed by atoms with Gasteiger partial charge in [0.05, 0.1) is 11.9 Å². The zero-order chi connectivity index (χ0) is 14.1. The molecule has 0 bridgehead atoms. The van der Waals surface area contributed by atoms with Crippen LogP contribution < -0.4 is 4.90 Å². The zero-order valence-corrected chi connectivity index (χ0v) is 11.7. The Bertz CT molecular complexity index is 526. The summed E-state index contributed by atoms with van der Waals surface area (Å²) in [7, 11) is 0. The first-order valence-electron chi connectivity index (χ1n) is 7.20. The summed E-state index contributed by atoms with van der Waals surface area (Å²) in [5, 5.41) is 0. The van der Waals surface area contributed by atoms with Gasteiger partial charge in [0.25, 0.3) is 0 Å². The number of carbonyl (C=O) groups excluding carboxylic acids is 2. The summed E-state index contributed by atoms with van der Waals surface area (Å²) in [6.07, 6.45) is 4.91. The van der Waals surface area contributed by atoms with Crippen molar-refractivity contribution in [3.8, 4) is 0 Å². The van der Waals surface area contributed by atoms with Gasteiger partial charge in [0.1, 0.15) is 6.04 Å². The molecular formula is C15H19N3O2. The topological polar surface area (TPSA) is 53.5 Å². The molecule has 1 aromatic rings. The van der Waals surface area contributed by atoms with Gasteiger partial charge in [-0.2, -0.15) is 0 Å². The predicted molar refractivity (Wildman–Crippen MR) is 75.3 cm³/mol. The Hall–Kier alpha value is -1.91. The number of nitrogens with zero attached hydrogens (tertiary/aromatic N) is 3. The number of pyridine rings is 1. The van der Waals surface area contributed by atoms with Crippen molar-refractivity contribution in [1.82, 2.24) is 9.88 Å². The van der Waals surface area contributed by atoms with E-state index < -0.39 is 0 Å². The number of rotatable bonds is 1. The average molecular weight is 273 g/mol. The van der Waals surface area contributed by atoms with Crippen LogP contribution in [0.3, 0.4) is 0 Å². The molecule has 0 spiro atoms. The van der Waals surface area contributed by atoms with E-state index in [1.165, 1.54) is 0 Å². The van der Waals surface area contributed by atoms with Gasteiger partial charge in [-0.1, -0.05) is 0 Å². The smallest absolute Gasteiger partial charge is 0.249 e. The van der Waals surface area contributed by atoms with Crippen LogP contribution in [0, 0.1) is 6.92 Å². The number of amides is 2. The quantitative estimate of drug-likeness (QED) is 0.779. The van der Waals surface area contributed by atoms with Crippen LogP contribution >= 0.6 is 0 Å². The molecule has 0 radical (unpaired) electrons. The highest BCUT2D eigenvalue weighted by atomic mass is 16.2. The van der Waals surface area contributed by atoms with Crippen molar-refractivity contribution >= 4 is 17.5 Å². The summed E-state index contributed by atoms with van der Waals surface area (Å²) in [5.74, 6) is 0.145. The number of hydrogen-bond donors (Lipinski definition) is 0. The second-order valence-corrected chi connectivity index (χ2v) is 5.50. The predicted octanol–water partition coefficient (Wildman–Crippen LogP) is 1.51. The fraction of sp³-hybridized carbons (Fsp3) is 0.533. The van der Waals surface area contributed by atoms with E-state index in [0.717, 1.165) is 37.2 Å². The van der Waals surface area contributed by atoms with E-state index in [1.54, 1.807) is 16.0 Å². The van der Waals surface area contributed by atoms with Gasteiger partial charge in [-0.25, -0.2) is 0 Å². The third kappa shape index (κ3) is 2.28. The van der Waals surface area contributed by atoms with E-state index in [9.17, 15) is 9.59 Å². The van der Waals surface area contributed by atoms with Gasteiger partial charge in [0, 0.05) is 25.2 Å². The average Bonchev–Trinajstić information content (AvgIpc) is 2.60. The van der Waals surface area contributed by atoms with Gasteiger partial charge in [-0.3, -0.25) is 14.6 Å². The minimum atomic E-state index is -0.278. The van der Waals surface area contributed by atoms with E-state index in [4.69, 9.17) is 0 Å². The second-order valence-electron chi connectivity index (χ2n) is 5.50. The van der Waals surface area contributed by atoms with Crippen LogP contribution in [-0.2, 0) is 9.59 Å². The van der Waals surface area contributed by atoms with Gasteiger partial charge in [0.2, 0.25) is 11.8 Å². The largest absolute Gasteiger partial charge is 0.331 e. The van der Waals surface area contributed by atoms with Crippen LogP contribution in [0.1, 0.15) is 31.4 Å². The molecule has 3 heterocycles. The fourth-order valence-electron chi connectivity index (χ4n) is 3.00. The van der Waals surface area contributed by atoms with E-state index in [2.05, 4.69) is 4.98 Å². The molecule has 1 unspecified atom stereocenters. The molecule has 2 fully saturated rings. The Kier molecular flexibility index (Phi) is 3.42. The third-order valence-electron chi connectivity index (χ3n) is 4.13. The molecule has 5 heteroatoms. The summed E-state index contributed by atoms with van der Waals surface area (Å²) in [6, 6.07) is 3.53. The van der Waals surface area contributed by atoms with Crippen molar-refractivity contribution in [2.45, 2.75) is 38.6 Å². The van der Waals surface area contributed by atoms with E-state index in [1.807, 2.05) is 19.1 Å². The molecule has 5 nitrogen and oxygen atoms in total. The van der Waals surface area contributed by atoms with Crippen molar-refractivity contribution in [2.24, 2.45) is 0 Å². The lowest BCUT2D eigenvalue weighted by molar-refractivity contribution is -0.138. The molecule has 1 aromatic heterocycles. The lowest BCUT2D eigenvalue weighted by atomic mass is 10.0. The fourth-order valence-corrected chi connectivity index (χ4v) is 3.00.